The molecule has 2 N–H and O–H groups in total. The molecule has 5 heteroatoms. The summed E-state index contributed by atoms with van der Waals surface area (Å²) in [6.45, 7) is 4.56. The average molecular weight is 270 g/mol. The van der Waals surface area contributed by atoms with Crippen molar-refractivity contribution in [2.75, 3.05) is 13.6 Å². The first-order valence-corrected chi connectivity index (χ1v) is 7.13. The van der Waals surface area contributed by atoms with Gasteiger partial charge in [-0.25, -0.2) is 4.79 Å². The van der Waals surface area contributed by atoms with Gasteiger partial charge in [0.1, 0.15) is 0 Å². The minimum absolute atomic E-state index is 0.0151. The minimum atomic E-state index is -0.881. The lowest BCUT2D eigenvalue weighted by molar-refractivity contribution is -0.137. The van der Waals surface area contributed by atoms with Crippen LogP contribution in [-0.2, 0) is 4.79 Å². The van der Waals surface area contributed by atoms with E-state index in [1.165, 1.54) is 30.6 Å². The molecule has 110 valence electrons. The van der Waals surface area contributed by atoms with Crippen LogP contribution in [-0.4, -0.2) is 41.6 Å². The molecule has 0 aromatic rings. The molecular formula is C14H26N2O3. The second kappa shape index (κ2) is 7.36. The molecule has 2 unspecified atom stereocenters. The van der Waals surface area contributed by atoms with Crippen LogP contribution >= 0.6 is 0 Å². The Labute approximate surface area is 115 Å². The van der Waals surface area contributed by atoms with Gasteiger partial charge in [-0.2, -0.15) is 0 Å². The van der Waals surface area contributed by atoms with E-state index in [2.05, 4.69) is 12.2 Å². The fourth-order valence-corrected chi connectivity index (χ4v) is 2.72. The Morgan fingerprint density at radius 3 is 2.68 bits per heavy atom. The molecular weight excluding hydrogens is 244 g/mol. The van der Waals surface area contributed by atoms with Crippen LogP contribution < -0.4 is 5.32 Å². The molecule has 0 saturated heterocycles. The highest BCUT2D eigenvalue weighted by Gasteiger charge is 2.25. The number of nitrogens with one attached hydrogen (secondary N) is 1. The van der Waals surface area contributed by atoms with Crippen LogP contribution in [0.1, 0.15) is 46.0 Å². The molecule has 0 spiro atoms. The summed E-state index contributed by atoms with van der Waals surface area (Å²) in [5.41, 5.74) is 0. The van der Waals surface area contributed by atoms with E-state index in [4.69, 9.17) is 5.11 Å². The molecule has 1 aliphatic rings. The lowest BCUT2D eigenvalue weighted by Crippen LogP contribution is -2.46. The van der Waals surface area contributed by atoms with Crippen LogP contribution in [0, 0.1) is 11.8 Å². The molecule has 0 bridgehead atoms. The molecule has 1 rings (SSSR count). The zero-order chi connectivity index (χ0) is 14.4. The number of urea groups is 1. The second-order valence-electron chi connectivity index (χ2n) is 5.84. The van der Waals surface area contributed by atoms with Crippen molar-refractivity contribution in [2.45, 2.75) is 52.0 Å². The first-order valence-electron chi connectivity index (χ1n) is 7.13. The molecule has 2 amide bonds. The Morgan fingerprint density at radius 2 is 2.11 bits per heavy atom. The summed E-state index contributed by atoms with van der Waals surface area (Å²) in [7, 11) is 1.63. The number of aliphatic carboxylic acids is 1. The molecule has 0 radical (unpaired) electrons. The third-order valence-electron chi connectivity index (χ3n) is 4.04. The van der Waals surface area contributed by atoms with E-state index in [-0.39, 0.29) is 25.0 Å². The van der Waals surface area contributed by atoms with Gasteiger partial charge in [-0.1, -0.05) is 19.8 Å². The van der Waals surface area contributed by atoms with Gasteiger partial charge in [-0.15, -0.1) is 0 Å². The Morgan fingerprint density at radius 1 is 1.42 bits per heavy atom. The van der Waals surface area contributed by atoms with Crippen molar-refractivity contribution in [3.63, 3.8) is 0 Å². The van der Waals surface area contributed by atoms with E-state index >= 15 is 0 Å². The van der Waals surface area contributed by atoms with E-state index in [1.54, 1.807) is 7.05 Å². The number of hydrogen-bond donors (Lipinski definition) is 2. The molecule has 0 heterocycles. The third-order valence-corrected chi connectivity index (χ3v) is 4.04. The van der Waals surface area contributed by atoms with Gasteiger partial charge in [0.25, 0.3) is 0 Å². The van der Waals surface area contributed by atoms with Crippen LogP contribution in [0.25, 0.3) is 0 Å². The van der Waals surface area contributed by atoms with Crippen molar-refractivity contribution in [3.05, 3.63) is 0 Å². The second-order valence-corrected chi connectivity index (χ2v) is 5.84. The fourth-order valence-electron chi connectivity index (χ4n) is 2.72. The summed E-state index contributed by atoms with van der Waals surface area (Å²) in [6.07, 6.45) is 4.85. The molecule has 19 heavy (non-hydrogen) atoms. The van der Waals surface area contributed by atoms with Crippen LogP contribution in [0.5, 0.6) is 0 Å². The summed E-state index contributed by atoms with van der Waals surface area (Å²) < 4.78 is 0. The minimum Gasteiger partial charge on any atom is -0.481 e. The molecule has 0 aliphatic heterocycles. The molecule has 0 aromatic heterocycles. The van der Waals surface area contributed by atoms with Crippen molar-refractivity contribution >= 4 is 12.0 Å². The molecule has 1 aliphatic carbocycles. The van der Waals surface area contributed by atoms with Gasteiger partial charge in [-0.3, -0.25) is 4.79 Å². The standard InChI is InChI=1S/C14H26N2O3/c1-10-5-4-6-12(9-10)11(2)15-14(19)16(3)8-7-13(17)18/h10-12H,4-9H2,1-3H3,(H,15,19)(H,17,18)/t10?,11-,12?/m0/s1. The number of hydrogen-bond acceptors (Lipinski definition) is 2. The lowest BCUT2D eigenvalue weighted by atomic mass is 9.79. The van der Waals surface area contributed by atoms with Gasteiger partial charge in [0.2, 0.25) is 0 Å². The first kappa shape index (κ1) is 15.8. The zero-order valence-electron chi connectivity index (χ0n) is 12.2. The summed E-state index contributed by atoms with van der Waals surface area (Å²) in [4.78, 5) is 23.8. The quantitative estimate of drug-likeness (QED) is 0.805. The Hall–Kier alpha value is -1.26. The molecule has 3 atom stereocenters. The average Bonchev–Trinajstić information content (AvgIpc) is 2.35. The smallest absolute Gasteiger partial charge is 0.317 e. The van der Waals surface area contributed by atoms with E-state index in [0.29, 0.717) is 5.92 Å². The molecule has 1 fully saturated rings. The largest absolute Gasteiger partial charge is 0.481 e. The Bertz CT molecular complexity index is 320. The van der Waals surface area contributed by atoms with Gasteiger partial charge < -0.3 is 15.3 Å². The lowest BCUT2D eigenvalue weighted by Gasteiger charge is -2.32. The maximum absolute atomic E-state index is 11.9. The number of carboxylic acids is 1. The van der Waals surface area contributed by atoms with Crippen LogP contribution in [0.4, 0.5) is 4.79 Å². The van der Waals surface area contributed by atoms with Gasteiger partial charge in [-0.05, 0) is 31.6 Å². The van der Waals surface area contributed by atoms with Gasteiger partial charge >= 0.3 is 12.0 Å². The van der Waals surface area contributed by atoms with E-state index in [1.807, 2.05) is 6.92 Å². The van der Waals surface area contributed by atoms with Crippen molar-refractivity contribution in [1.82, 2.24) is 10.2 Å². The van der Waals surface area contributed by atoms with Crippen molar-refractivity contribution in [1.29, 1.82) is 0 Å². The number of carbonyl (C=O) groups is 2. The summed E-state index contributed by atoms with van der Waals surface area (Å²) in [5, 5.41) is 11.6. The molecule has 0 aromatic carbocycles. The summed E-state index contributed by atoms with van der Waals surface area (Å²) in [6, 6.07) is -0.0190. The summed E-state index contributed by atoms with van der Waals surface area (Å²) >= 11 is 0. The fraction of sp³-hybridized carbons (Fsp3) is 0.857. The SMILES string of the molecule is CC1CCCC([C@H](C)NC(=O)N(C)CCC(=O)O)C1. The van der Waals surface area contributed by atoms with E-state index in [9.17, 15) is 9.59 Å². The molecule has 1 saturated carbocycles. The first-order chi connectivity index (χ1) is 8.90. The highest BCUT2D eigenvalue weighted by atomic mass is 16.4. The van der Waals surface area contributed by atoms with Crippen molar-refractivity contribution < 1.29 is 14.7 Å². The van der Waals surface area contributed by atoms with Crippen molar-refractivity contribution in [2.24, 2.45) is 11.8 Å². The highest BCUT2D eigenvalue weighted by molar-refractivity contribution is 5.75. The number of carbonyl (C=O) groups excluding carboxylic acids is 1. The van der Waals surface area contributed by atoms with Gasteiger partial charge in [0.05, 0.1) is 6.42 Å². The van der Waals surface area contributed by atoms with Crippen molar-refractivity contribution in [3.8, 4) is 0 Å². The molecule has 5 nitrogen and oxygen atoms in total. The van der Waals surface area contributed by atoms with E-state index in [0.717, 1.165) is 5.92 Å². The number of amides is 2. The van der Waals surface area contributed by atoms with E-state index < -0.39 is 5.97 Å². The third kappa shape index (κ3) is 5.49. The highest BCUT2D eigenvalue weighted by Crippen LogP contribution is 2.30. The monoisotopic (exact) mass is 270 g/mol. The number of nitrogens with zero attached hydrogens (tertiary/aromatic N) is 1. The van der Waals surface area contributed by atoms with Gasteiger partial charge in [0, 0.05) is 19.6 Å². The predicted octanol–water partition coefficient (Wildman–Crippen LogP) is 2.32. The Kier molecular flexibility index (Phi) is 6.12. The maximum atomic E-state index is 11.9. The number of rotatable bonds is 5. The van der Waals surface area contributed by atoms with Crippen LogP contribution in [0.15, 0.2) is 0 Å². The topological polar surface area (TPSA) is 69.6 Å². The van der Waals surface area contributed by atoms with Crippen LogP contribution in [0.3, 0.4) is 0 Å². The van der Waals surface area contributed by atoms with Crippen LogP contribution in [0.2, 0.25) is 0 Å². The normalized spacial score (nSPS) is 24.6. The van der Waals surface area contributed by atoms with Gasteiger partial charge in [0.15, 0.2) is 0 Å². The summed E-state index contributed by atoms with van der Waals surface area (Å²) in [5.74, 6) is 0.400. The zero-order valence-corrected chi connectivity index (χ0v) is 12.2. The number of carboxylic acid groups (broad SMARTS) is 1. The maximum Gasteiger partial charge on any atom is 0.317 e. The predicted molar refractivity (Wildman–Crippen MR) is 74.0 cm³/mol. The Balaban J connectivity index is 2.35.